The van der Waals surface area contributed by atoms with Gasteiger partial charge in [0, 0.05) is 11.6 Å². The minimum absolute atomic E-state index is 0.0108. The molecular formula is C16H21NO3. The van der Waals surface area contributed by atoms with Gasteiger partial charge in [0.15, 0.2) is 11.4 Å². The second-order valence-electron chi connectivity index (χ2n) is 6.87. The van der Waals surface area contributed by atoms with Crippen LogP contribution in [0.4, 0.5) is 0 Å². The molecule has 1 aromatic heterocycles. The number of fused-ring (bicyclic) bond motifs is 2. The number of aromatic carboxylic acids is 1. The molecule has 1 aromatic rings. The van der Waals surface area contributed by atoms with E-state index in [4.69, 9.17) is 4.74 Å². The quantitative estimate of drug-likeness (QED) is 0.918. The van der Waals surface area contributed by atoms with E-state index in [1.807, 2.05) is 0 Å². The van der Waals surface area contributed by atoms with Gasteiger partial charge in [-0.3, -0.25) is 0 Å². The fourth-order valence-corrected chi connectivity index (χ4v) is 4.11. The summed E-state index contributed by atoms with van der Waals surface area (Å²) >= 11 is 0. The number of pyridine rings is 1. The highest BCUT2D eigenvalue weighted by atomic mass is 16.5. The zero-order valence-electron chi connectivity index (χ0n) is 12.2. The van der Waals surface area contributed by atoms with Crippen molar-refractivity contribution in [2.45, 2.75) is 46.1 Å². The number of carboxylic acid groups (broad SMARTS) is 1. The van der Waals surface area contributed by atoms with E-state index in [0.717, 1.165) is 12.8 Å². The zero-order valence-corrected chi connectivity index (χ0v) is 12.2. The molecule has 2 bridgehead atoms. The molecule has 0 saturated heterocycles. The van der Waals surface area contributed by atoms with Crippen molar-refractivity contribution < 1.29 is 14.6 Å². The van der Waals surface area contributed by atoms with E-state index in [1.165, 1.54) is 12.6 Å². The zero-order chi connectivity index (χ0) is 14.5. The number of ether oxygens (including phenoxy) is 1. The molecule has 20 heavy (non-hydrogen) atoms. The average Bonchev–Trinajstić information content (AvgIpc) is 2.72. The Morgan fingerprint density at radius 3 is 2.75 bits per heavy atom. The van der Waals surface area contributed by atoms with Gasteiger partial charge < -0.3 is 9.84 Å². The largest absolute Gasteiger partial charge is 0.487 e. The van der Waals surface area contributed by atoms with Gasteiger partial charge in [-0.1, -0.05) is 20.8 Å². The van der Waals surface area contributed by atoms with Crippen molar-refractivity contribution in [2.24, 2.45) is 16.7 Å². The van der Waals surface area contributed by atoms with E-state index in [9.17, 15) is 9.90 Å². The molecular weight excluding hydrogens is 254 g/mol. The summed E-state index contributed by atoms with van der Waals surface area (Å²) in [6, 6.07) is 3.43. The molecule has 0 aliphatic heterocycles. The molecule has 0 radical (unpaired) electrons. The third-order valence-corrected chi connectivity index (χ3v) is 5.96. The summed E-state index contributed by atoms with van der Waals surface area (Å²) in [5.74, 6) is 0.0326. The minimum atomic E-state index is -1.03. The van der Waals surface area contributed by atoms with Crippen molar-refractivity contribution in [3.05, 3.63) is 24.0 Å². The Morgan fingerprint density at radius 1 is 1.45 bits per heavy atom. The fourth-order valence-electron chi connectivity index (χ4n) is 4.11. The van der Waals surface area contributed by atoms with Crippen molar-refractivity contribution in [3.63, 3.8) is 0 Å². The average molecular weight is 275 g/mol. The highest BCUT2D eigenvalue weighted by Gasteiger charge is 2.62. The normalized spacial score (nSPS) is 34.1. The van der Waals surface area contributed by atoms with Crippen molar-refractivity contribution in [2.75, 3.05) is 0 Å². The Bertz CT molecular complexity index is 554. The highest BCUT2D eigenvalue weighted by Crippen LogP contribution is 2.66. The van der Waals surface area contributed by atoms with Gasteiger partial charge in [0.2, 0.25) is 0 Å². The summed E-state index contributed by atoms with van der Waals surface area (Å²) in [7, 11) is 0. The fraction of sp³-hybridized carbons (Fsp3) is 0.625. The lowest BCUT2D eigenvalue weighted by molar-refractivity contribution is 0.0284. The van der Waals surface area contributed by atoms with E-state index in [0.29, 0.717) is 11.7 Å². The molecule has 0 spiro atoms. The molecule has 108 valence electrons. The number of carboxylic acids is 1. The lowest BCUT2D eigenvalue weighted by atomic mass is 9.70. The first kappa shape index (κ1) is 13.4. The Kier molecular flexibility index (Phi) is 2.82. The predicted octanol–water partition coefficient (Wildman–Crippen LogP) is 3.37. The monoisotopic (exact) mass is 275 g/mol. The van der Waals surface area contributed by atoms with Crippen LogP contribution in [0.1, 0.15) is 50.5 Å². The van der Waals surface area contributed by atoms with E-state index in [1.54, 1.807) is 12.1 Å². The molecule has 2 aliphatic rings. The van der Waals surface area contributed by atoms with Gasteiger partial charge in [0.05, 0.1) is 0 Å². The molecule has 4 nitrogen and oxygen atoms in total. The third kappa shape index (κ3) is 1.67. The van der Waals surface area contributed by atoms with Crippen LogP contribution in [0.2, 0.25) is 0 Å². The van der Waals surface area contributed by atoms with Gasteiger partial charge in [-0.15, -0.1) is 0 Å². The van der Waals surface area contributed by atoms with Gasteiger partial charge in [-0.25, -0.2) is 9.78 Å². The molecule has 2 fully saturated rings. The maximum atomic E-state index is 11.2. The van der Waals surface area contributed by atoms with E-state index < -0.39 is 5.97 Å². The second-order valence-corrected chi connectivity index (χ2v) is 6.87. The van der Waals surface area contributed by atoms with Crippen LogP contribution in [0.25, 0.3) is 0 Å². The first-order chi connectivity index (χ1) is 9.36. The smallest absolute Gasteiger partial charge is 0.358 e. The maximum Gasteiger partial charge on any atom is 0.358 e. The van der Waals surface area contributed by atoms with Gasteiger partial charge in [0.1, 0.15) is 6.10 Å². The molecule has 1 N–H and O–H groups in total. The van der Waals surface area contributed by atoms with E-state index >= 15 is 0 Å². The van der Waals surface area contributed by atoms with Crippen LogP contribution in [0, 0.1) is 16.7 Å². The summed E-state index contributed by atoms with van der Waals surface area (Å²) in [6.45, 7) is 6.91. The predicted molar refractivity (Wildman–Crippen MR) is 74.8 cm³/mol. The first-order valence-electron chi connectivity index (χ1n) is 7.21. The van der Waals surface area contributed by atoms with Crippen LogP contribution in [0.3, 0.4) is 0 Å². The van der Waals surface area contributed by atoms with Crippen molar-refractivity contribution in [3.8, 4) is 5.75 Å². The van der Waals surface area contributed by atoms with Gasteiger partial charge in [-0.2, -0.15) is 0 Å². The van der Waals surface area contributed by atoms with Crippen LogP contribution >= 0.6 is 0 Å². The molecule has 3 atom stereocenters. The van der Waals surface area contributed by atoms with Gasteiger partial charge in [0.25, 0.3) is 0 Å². The number of carbonyl (C=O) groups is 1. The lowest BCUT2D eigenvalue weighted by Crippen LogP contribution is -2.39. The molecule has 1 heterocycles. The molecule has 2 aliphatic carbocycles. The van der Waals surface area contributed by atoms with Gasteiger partial charge >= 0.3 is 5.97 Å². The van der Waals surface area contributed by atoms with Crippen molar-refractivity contribution in [1.82, 2.24) is 4.98 Å². The Balaban J connectivity index is 1.89. The number of hydrogen-bond acceptors (Lipinski definition) is 3. The number of hydrogen-bond donors (Lipinski definition) is 1. The van der Waals surface area contributed by atoms with Gasteiger partial charge in [-0.05, 0) is 42.7 Å². The van der Waals surface area contributed by atoms with Crippen molar-refractivity contribution in [1.29, 1.82) is 0 Å². The summed E-state index contributed by atoms with van der Waals surface area (Å²) in [5, 5.41) is 9.20. The summed E-state index contributed by atoms with van der Waals surface area (Å²) < 4.78 is 6.10. The minimum Gasteiger partial charge on any atom is -0.487 e. The van der Waals surface area contributed by atoms with Crippen LogP contribution in [-0.4, -0.2) is 22.2 Å². The van der Waals surface area contributed by atoms with Crippen LogP contribution in [-0.2, 0) is 0 Å². The van der Waals surface area contributed by atoms with E-state index in [2.05, 4.69) is 25.8 Å². The SMILES string of the molecule is CC1(C)C2CCC1(C)C(Oc1cccnc1C(=O)O)C2. The summed E-state index contributed by atoms with van der Waals surface area (Å²) in [5.41, 5.74) is 0.378. The van der Waals surface area contributed by atoms with Crippen molar-refractivity contribution >= 4 is 5.97 Å². The Hall–Kier alpha value is -1.58. The molecule has 0 aromatic carbocycles. The standard InChI is InChI=1S/C16H21NO3/c1-15(2)10-6-7-16(15,3)12(9-10)20-11-5-4-8-17-13(11)14(18)19/h4-5,8,10,12H,6-7,9H2,1-3H3,(H,18,19). The summed E-state index contributed by atoms with van der Waals surface area (Å²) in [6.07, 6.45) is 4.99. The topological polar surface area (TPSA) is 59.4 Å². The summed E-state index contributed by atoms with van der Waals surface area (Å²) in [4.78, 5) is 15.1. The number of rotatable bonds is 3. The Morgan fingerprint density at radius 2 is 2.20 bits per heavy atom. The molecule has 3 rings (SSSR count). The lowest BCUT2D eigenvalue weighted by Gasteiger charge is -2.38. The van der Waals surface area contributed by atoms with Crippen LogP contribution in [0.5, 0.6) is 5.75 Å². The highest BCUT2D eigenvalue weighted by molar-refractivity contribution is 5.88. The number of nitrogens with zero attached hydrogens (tertiary/aromatic N) is 1. The maximum absolute atomic E-state index is 11.2. The van der Waals surface area contributed by atoms with Crippen LogP contribution < -0.4 is 4.74 Å². The van der Waals surface area contributed by atoms with Crippen LogP contribution in [0.15, 0.2) is 18.3 Å². The first-order valence-corrected chi connectivity index (χ1v) is 7.21. The van der Waals surface area contributed by atoms with E-state index in [-0.39, 0.29) is 22.6 Å². The molecule has 4 heteroatoms. The molecule has 3 unspecified atom stereocenters. The Labute approximate surface area is 119 Å². The molecule has 2 saturated carbocycles. The second kappa shape index (κ2) is 4.21. The third-order valence-electron chi connectivity index (χ3n) is 5.96. The number of aromatic nitrogens is 1. The molecule has 0 amide bonds.